The lowest BCUT2D eigenvalue weighted by molar-refractivity contribution is 0.0666. The SMILES string of the molecule is CCCN(C(=O)c1ccc(=O)n(CCC)n1)C1CCc2ccccc21. The largest absolute Gasteiger partial charge is 0.330 e. The van der Waals surface area contributed by atoms with Crippen molar-refractivity contribution in [3.8, 4) is 0 Å². The van der Waals surface area contributed by atoms with Gasteiger partial charge < -0.3 is 4.90 Å². The number of carbonyl (C=O) groups excluding carboxylic acids is 1. The van der Waals surface area contributed by atoms with Crippen molar-refractivity contribution in [1.82, 2.24) is 14.7 Å². The minimum absolute atomic E-state index is 0.0894. The van der Waals surface area contributed by atoms with Gasteiger partial charge in [-0.15, -0.1) is 0 Å². The molecule has 5 heteroatoms. The number of aromatic nitrogens is 2. The van der Waals surface area contributed by atoms with Crippen LogP contribution < -0.4 is 5.56 Å². The summed E-state index contributed by atoms with van der Waals surface area (Å²) < 4.78 is 1.39. The van der Waals surface area contributed by atoms with Gasteiger partial charge in [0, 0.05) is 19.2 Å². The second-order valence-corrected chi connectivity index (χ2v) is 6.53. The van der Waals surface area contributed by atoms with Gasteiger partial charge >= 0.3 is 0 Å². The number of amides is 1. The zero-order valence-corrected chi connectivity index (χ0v) is 14.9. The quantitative estimate of drug-likeness (QED) is 0.812. The molecule has 1 aliphatic carbocycles. The molecule has 3 rings (SSSR count). The molecular weight excluding hydrogens is 314 g/mol. The summed E-state index contributed by atoms with van der Waals surface area (Å²) in [5, 5.41) is 4.31. The Labute approximate surface area is 148 Å². The maximum absolute atomic E-state index is 13.1. The van der Waals surface area contributed by atoms with Crippen LogP contribution in [0.4, 0.5) is 0 Å². The van der Waals surface area contributed by atoms with Crippen LogP contribution in [0, 0.1) is 0 Å². The van der Waals surface area contributed by atoms with Crippen molar-refractivity contribution in [2.45, 2.75) is 52.1 Å². The zero-order valence-electron chi connectivity index (χ0n) is 14.9. The van der Waals surface area contributed by atoms with Crippen molar-refractivity contribution in [2.75, 3.05) is 6.54 Å². The molecule has 0 N–H and O–H groups in total. The lowest BCUT2D eigenvalue weighted by Crippen LogP contribution is -2.36. The third-order valence-electron chi connectivity index (χ3n) is 4.72. The first-order valence-corrected chi connectivity index (χ1v) is 9.12. The average molecular weight is 339 g/mol. The van der Waals surface area contributed by atoms with E-state index >= 15 is 0 Å². The first kappa shape index (κ1) is 17.4. The second-order valence-electron chi connectivity index (χ2n) is 6.53. The minimum Gasteiger partial charge on any atom is -0.330 e. The Morgan fingerprint density at radius 3 is 2.76 bits per heavy atom. The molecule has 2 aromatic rings. The number of hydrogen-bond acceptors (Lipinski definition) is 3. The predicted molar refractivity (Wildman–Crippen MR) is 97.6 cm³/mol. The summed E-state index contributed by atoms with van der Waals surface area (Å²) in [7, 11) is 0. The molecule has 1 atom stereocenters. The van der Waals surface area contributed by atoms with Crippen LogP contribution in [0.3, 0.4) is 0 Å². The Morgan fingerprint density at radius 2 is 2.00 bits per heavy atom. The standard InChI is InChI=1S/C20H25N3O2/c1-3-13-22(18-11-9-15-7-5-6-8-16(15)18)20(25)17-10-12-19(24)23(21-17)14-4-2/h5-8,10,12,18H,3-4,9,11,13-14H2,1-2H3. The van der Waals surface area contributed by atoms with Crippen LogP contribution in [-0.4, -0.2) is 27.1 Å². The first-order chi connectivity index (χ1) is 12.2. The molecule has 1 amide bonds. The summed E-state index contributed by atoms with van der Waals surface area (Å²) in [6.45, 7) is 5.28. The van der Waals surface area contributed by atoms with E-state index in [1.165, 1.54) is 21.9 Å². The van der Waals surface area contributed by atoms with Gasteiger partial charge in [0.15, 0.2) is 0 Å². The fourth-order valence-corrected chi connectivity index (χ4v) is 3.58. The highest BCUT2D eigenvalue weighted by molar-refractivity contribution is 5.92. The third-order valence-corrected chi connectivity index (χ3v) is 4.72. The van der Waals surface area contributed by atoms with Gasteiger partial charge in [0.2, 0.25) is 0 Å². The second kappa shape index (κ2) is 7.64. The number of hydrogen-bond donors (Lipinski definition) is 0. The molecule has 132 valence electrons. The normalized spacial score (nSPS) is 15.8. The minimum atomic E-state index is -0.161. The Kier molecular flexibility index (Phi) is 5.31. The molecule has 0 aliphatic heterocycles. The van der Waals surface area contributed by atoms with Crippen molar-refractivity contribution in [3.63, 3.8) is 0 Å². The third kappa shape index (κ3) is 3.50. The topological polar surface area (TPSA) is 55.2 Å². The van der Waals surface area contributed by atoms with Gasteiger partial charge in [-0.3, -0.25) is 9.59 Å². The zero-order chi connectivity index (χ0) is 17.8. The van der Waals surface area contributed by atoms with Gasteiger partial charge in [-0.1, -0.05) is 38.1 Å². The number of carbonyl (C=O) groups is 1. The van der Waals surface area contributed by atoms with Crippen LogP contribution in [0.2, 0.25) is 0 Å². The van der Waals surface area contributed by atoms with Crippen LogP contribution in [0.1, 0.15) is 60.8 Å². The van der Waals surface area contributed by atoms with Crippen molar-refractivity contribution in [2.24, 2.45) is 0 Å². The van der Waals surface area contributed by atoms with E-state index in [9.17, 15) is 9.59 Å². The monoisotopic (exact) mass is 339 g/mol. The Hall–Kier alpha value is -2.43. The van der Waals surface area contributed by atoms with Crippen LogP contribution >= 0.6 is 0 Å². The molecule has 1 aliphatic rings. The van der Waals surface area contributed by atoms with E-state index in [1.807, 2.05) is 17.9 Å². The van der Waals surface area contributed by atoms with Gasteiger partial charge in [0.05, 0.1) is 6.04 Å². The molecular formula is C20H25N3O2. The van der Waals surface area contributed by atoms with E-state index in [4.69, 9.17) is 0 Å². The molecule has 5 nitrogen and oxygen atoms in total. The molecule has 1 aromatic carbocycles. The number of rotatable bonds is 6. The molecule has 0 fully saturated rings. The highest BCUT2D eigenvalue weighted by Gasteiger charge is 2.31. The smallest absolute Gasteiger partial charge is 0.274 e. The molecule has 0 saturated carbocycles. The number of aryl methyl sites for hydroxylation is 2. The summed E-state index contributed by atoms with van der Waals surface area (Å²) in [4.78, 5) is 26.9. The van der Waals surface area contributed by atoms with Crippen LogP contribution in [0.25, 0.3) is 0 Å². The van der Waals surface area contributed by atoms with Crippen molar-refractivity contribution in [3.05, 3.63) is 63.6 Å². The van der Waals surface area contributed by atoms with E-state index in [2.05, 4.69) is 30.2 Å². The first-order valence-electron chi connectivity index (χ1n) is 9.12. The summed E-state index contributed by atoms with van der Waals surface area (Å²) in [6.07, 6.45) is 3.63. The Balaban J connectivity index is 1.92. The maximum Gasteiger partial charge on any atom is 0.274 e. The number of benzene rings is 1. The molecule has 1 unspecified atom stereocenters. The van der Waals surface area contributed by atoms with E-state index in [0.717, 1.165) is 25.7 Å². The van der Waals surface area contributed by atoms with Crippen LogP contribution in [0.15, 0.2) is 41.2 Å². The van der Waals surface area contributed by atoms with E-state index in [1.54, 1.807) is 6.07 Å². The molecule has 0 saturated heterocycles. The maximum atomic E-state index is 13.1. The lowest BCUT2D eigenvalue weighted by Gasteiger charge is -2.29. The number of fused-ring (bicyclic) bond motifs is 1. The summed E-state index contributed by atoms with van der Waals surface area (Å²) in [6, 6.07) is 11.4. The number of nitrogens with zero attached hydrogens (tertiary/aromatic N) is 3. The van der Waals surface area contributed by atoms with Crippen LogP contribution in [0.5, 0.6) is 0 Å². The van der Waals surface area contributed by atoms with Gasteiger partial charge in [-0.05, 0) is 42.9 Å². The van der Waals surface area contributed by atoms with Gasteiger partial charge in [-0.2, -0.15) is 5.10 Å². The van der Waals surface area contributed by atoms with Crippen LogP contribution in [-0.2, 0) is 13.0 Å². The van der Waals surface area contributed by atoms with E-state index < -0.39 is 0 Å². The average Bonchev–Trinajstić information content (AvgIpc) is 3.05. The lowest BCUT2D eigenvalue weighted by atomic mass is 10.1. The summed E-state index contributed by atoms with van der Waals surface area (Å²) in [5.74, 6) is -0.0894. The molecule has 25 heavy (non-hydrogen) atoms. The fraction of sp³-hybridized carbons (Fsp3) is 0.450. The van der Waals surface area contributed by atoms with Gasteiger partial charge in [0.1, 0.15) is 5.69 Å². The summed E-state index contributed by atoms with van der Waals surface area (Å²) >= 11 is 0. The highest BCUT2D eigenvalue weighted by Crippen LogP contribution is 2.36. The molecule has 0 spiro atoms. The molecule has 1 aromatic heterocycles. The Bertz CT molecular complexity index is 813. The van der Waals surface area contributed by atoms with E-state index in [-0.39, 0.29) is 17.5 Å². The van der Waals surface area contributed by atoms with E-state index in [0.29, 0.717) is 18.8 Å². The highest BCUT2D eigenvalue weighted by atomic mass is 16.2. The fourth-order valence-electron chi connectivity index (χ4n) is 3.58. The Morgan fingerprint density at radius 1 is 1.20 bits per heavy atom. The molecule has 0 radical (unpaired) electrons. The molecule has 1 heterocycles. The van der Waals surface area contributed by atoms with Gasteiger partial charge in [-0.25, -0.2) is 4.68 Å². The van der Waals surface area contributed by atoms with Crippen molar-refractivity contribution in [1.29, 1.82) is 0 Å². The van der Waals surface area contributed by atoms with Gasteiger partial charge in [0.25, 0.3) is 11.5 Å². The molecule has 0 bridgehead atoms. The summed E-state index contributed by atoms with van der Waals surface area (Å²) in [5.41, 5.74) is 2.76. The van der Waals surface area contributed by atoms with Crippen molar-refractivity contribution < 1.29 is 4.79 Å². The predicted octanol–water partition coefficient (Wildman–Crippen LogP) is 3.19. The van der Waals surface area contributed by atoms with Crippen molar-refractivity contribution >= 4 is 5.91 Å².